The Bertz CT molecular complexity index is 756. The summed E-state index contributed by atoms with van der Waals surface area (Å²) in [6, 6.07) is 1.81. The summed E-state index contributed by atoms with van der Waals surface area (Å²) in [7, 11) is 0. The third-order valence-electron chi connectivity index (χ3n) is 3.61. The van der Waals surface area contributed by atoms with E-state index >= 15 is 0 Å². The van der Waals surface area contributed by atoms with Crippen molar-refractivity contribution in [2.24, 2.45) is 0 Å². The topological polar surface area (TPSA) is 126 Å². The average Bonchev–Trinajstić information content (AvgIpc) is 2.90. The summed E-state index contributed by atoms with van der Waals surface area (Å²) in [6.45, 7) is 3.04. The Morgan fingerprint density at radius 3 is 2.54 bits per heavy atom. The van der Waals surface area contributed by atoms with Gasteiger partial charge in [0.25, 0.3) is 0 Å². The van der Waals surface area contributed by atoms with E-state index < -0.39 is 12.1 Å². The standard InChI is InChI=1S/C13H18N6O2.C2HF3O2/c20-7-8-21-10-11-12-9-18(13-14-3-1-4-15-13)5-2-6-19(12)17-16-11;3-2(4,5)1(6)7/h1,3-4,20H,2,5-10H2;(H,6,7). The number of aliphatic hydroxyl groups excluding tert-OH is 1. The Kier molecular flexibility index (Phi) is 7.63. The molecule has 0 unspecified atom stereocenters. The molecule has 1 aliphatic rings. The smallest absolute Gasteiger partial charge is 0.475 e. The van der Waals surface area contributed by atoms with Gasteiger partial charge in [-0.1, -0.05) is 5.21 Å². The Hall–Kier alpha value is -2.80. The molecule has 3 heterocycles. The Morgan fingerprint density at radius 2 is 1.93 bits per heavy atom. The molecule has 2 aromatic rings. The fourth-order valence-corrected chi connectivity index (χ4v) is 2.36. The van der Waals surface area contributed by atoms with Gasteiger partial charge in [-0.05, 0) is 12.5 Å². The molecule has 0 atom stereocenters. The summed E-state index contributed by atoms with van der Waals surface area (Å²) in [5.41, 5.74) is 1.84. The number of rotatable bonds is 5. The molecule has 0 bridgehead atoms. The van der Waals surface area contributed by atoms with E-state index in [1.807, 2.05) is 4.68 Å². The number of aromatic nitrogens is 5. The lowest BCUT2D eigenvalue weighted by atomic mass is 10.3. The maximum Gasteiger partial charge on any atom is 0.490 e. The van der Waals surface area contributed by atoms with Gasteiger partial charge in [-0.3, -0.25) is 0 Å². The lowest BCUT2D eigenvalue weighted by molar-refractivity contribution is -0.192. The van der Waals surface area contributed by atoms with E-state index in [0.717, 1.165) is 36.8 Å². The second kappa shape index (κ2) is 9.94. The number of aliphatic carboxylic acids is 1. The number of ether oxygens (including phenoxy) is 1. The Labute approximate surface area is 157 Å². The van der Waals surface area contributed by atoms with Gasteiger partial charge in [-0.25, -0.2) is 19.4 Å². The molecule has 0 aromatic carbocycles. The monoisotopic (exact) mass is 404 g/mol. The summed E-state index contributed by atoms with van der Waals surface area (Å²) < 4.78 is 39.0. The molecule has 0 amide bonds. The van der Waals surface area contributed by atoms with E-state index in [2.05, 4.69) is 25.2 Å². The molecule has 0 radical (unpaired) electrons. The molecule has 28 heavy (non-hydrogen) atoms. The van der Waals surface area contributed by atoms with Crippen molar-refractivity contribution in [3.8, 4) is 0 Å². The minimum absolute atomic E-state index is 0.00739. The summed E-state index contributed by atoms with van der Waals surface area (Å²) in [5, 5.41) is 24.3. The minimum atomic E-state index is -5.08. The van der Waals surface area contributed by atoms with Crippen molar-refractivity contribution in [3.05, 3.63) is 29.8 Å². The first-order chi connectivity index (χ1) is 13.3. The third-order valence-corrected chi connectivity index (χ3v) is 3.61. The van der Waals surface area contributed by atoms with Crippen molar-refractivity contribution < 1.29 is 32.9 Å². The molecular weight excluding hydrogens is 385 g/mol. The molecule has 1 aliphatic heterocycles. The van der Waals surface area contributed by atoms with Crippen LogP contribution in [0.4, 0.5) is 19.1 Å². The van der Waals surface area contributed by atoms with Gasteiger partial charge in [0.15, 0.2) is 0 Å². The average molecular weight is 404 g/mol. The molecule has 0 saturated heterocycles. The Morgan fingerprint density at radius 1 is 1.25 bits per heavy atom. The van der Waals surface area contributed by atoms with Gasteiger partial charge in [0.1, 0.15) is 5.69 Å². The van der Waals surface area contributed by atoms with Crippen LogP contribution >= 0.6 is 0 Å². The lowest BCUT2D eigenvalue weighted by Crippen LogP contribution is -2.25. The molecule has 13 heteroatoms. The Balaban J connectivity index is 0.000000345. The van der Waals surface area contributed by atoms with Crippen molar-refractivity contribution in [3.63, 3.8) is 0 Å². The predicted octanol–water partition coefficient (Wildman–Crippen LogP) is 0.621. The predicted molar refractivity (Wildman–Crippen MR) is 88.2 cm³/mol. The highest BCUT2D eigenvalue weighted by Crippen LogP contribution is 2.18. The van der Waals surface area contributed by atoms with Crippen molar-refractivity contribution in [1.82, 2.24) is 25.0 Å². The maximum absolute atomic E-state index is 10.6. The first-order valence-corrected chi connectivity index (χ1v) is 8.25. The van der Waals surface area contributed by atoms with Crippen LogP contribution in [0.1, 0.15) is 17.8 Å². The zero-order valence-electron chi connectivity index (χ0n) is 14.7. The van der Waals surface area contributed by atoms with Crippen LogP contribution in [0.2, 0.25) is 0 Å². The third kappa shape index (κ3) is 6.13. The van der Waals surface area contributed by atoms with E-state index in [0.29, 0.717) is 19.8 Å². The number of alkyl halides is 3. The summed E-state index contributed by atoms with van der Waals surface area (Å²) in [5.74, 6) is -2.04. The first-order valence-electron chi connectivity index (χ1n) is 8.25. The molecule has 0 aliphatic carbocycles. The number of aryl methyl sites for hydroxylation is 1. The van der Waals surface area contributed by atoms with Crippen LogP contribution in [0, 0.1) is 0 Å². The first kappa shape index (κ1) is 21.5. The fraction of sp³-hybridized carbons (Fsp3) is 0.533. The highest BCUT2D eigenvalue weighted by Gasteiger charge is 2.38. The normalized spacial score (nSPS) is 13.9. The van der Waals surface area contributed by atoms with Gasteiger partial charge in [-0.15, -0.1) is 5.10 Å². The lowest BCUT2D eigenvalue weighted by Gasteiger charge is -2.19. The molecule has 154 valence electrons. The molecule has 2 N–H and O–H groups in total. The number of fused-ring (bicyclic) bond motifs is 1. The molecule has 10 nitrogen and oxygen atoms in total. The van der Waals surface area contributed by atoms with E-state index in [1.54, 1.807) is 18.5 Å². The van der Waals surface area contributed by atoms with Gasteiger partial charge >= 0.3 is 12.1 Å². The number of carbonyl (C=O) groups is 1. The van der Waals surface area contributed by atoms with Gasteiger partial charge in [0.2, 0.25) is 5.95 Å². The highest BCUT2D eigenvalue weighted by molar-refractivity contribution is 5.73. The number of halogens is 3. The quantitative estimate of drug-likeness (QED) is 0.690. The van der Waals surface area contributed by atoms with Gasteiger partial charge < -0.3 is 19.8 Å². The number of anilines is 1. The van der Waals surface area contributed by atoms with Crippen LogP contribution in [0.3, 0.4) is 0 Å². The fourth-order valence-electron chi connectivity index (χ4n) is 2.36. The van der Waals surface area contributed by atoms with E-state index in [1.165, 1.54) is 0 Å². The van der Waals surface area contributed by atoms with E-state index in [-0.39, 0.29) is 6.61 Å². The molecule has 0 saturated carbocycles. The zero-order chi connectivity index (χ0) is 20.6. The molecular formula is C15H19F3N6O4. The molecule has 2 aromatic heterocycles. The second-order valence-corrected chi connectivity index (χ2v) is 5.61. The largest absolute Gasteiger partial charge is 0.490 e. The van der Waals surface area contributed by atoms with Crippen molar-refractivity contribution in [2.75, 3.05) is 24.7 Å². The van der Waals surface area contributed by atoms with Crippen LogP contribution in [0.25, 0.3) is 0 Å². The SMILES string of the molecule is O=C(O)C(F)(F)F.OCCOCc1nnn2c1CN(c1ncccn1)CCC2. The van der Waals surface area contributed by atoms with Crippen LogP contribution < -0.4 is 4.90 Å². The number of hydrogen-bond donors (Lipinski definition) is 2. The zero-order valence-corrected chi connectivity index (χ0v) is 14.7. The summed E-state index contributed by atoms with van der Waals surface area (Å²) in [6.07, 6.45) is -0.631. The van der Waals surface area contributed by atoms with E-state index in [4.69, 9.17) is 19.7 Å². The van der Waals surface area contributed by atoms with Crippen LogP contribution in [0.15, 0.2) is 18.5 Å². The number of nitrogens with zero attached hydrogens (tertiary/aromatic N) is 6. The van der Waals surface area contributed by atoms with Gasteiger partial charge in [-0.2, -0.15) is 13.2 Å². The van der Waals surface area contributed by atoms with Gasteiger partial charge in [0.05, 0.1) is 32.1 Å². The van der Waals surface area contributed by atoms with E-state index in [9.17, 15) is 13.2 Å². The van der Waals surface area contributed by atoms with Crippen LogP contribution in [-0.4, -0.2) is 67.1 Å². The maximum atomic E-state index is 10.6. The summed E-state index contributed by atoms with van der Waals surface area (Å²) in [4.78, 5) is 19.6. The number of hydrogen-bond acceptors (Lipinski definition) is 8. The minimum Gasteiger partial charge on any atom is -0.475 e. The highest BCUT2D eigenvalue weighted by atomic mass is 19.4. The van der Waals surface area contributed by atoms with Crippen molar-refractivity contribution in [1.29, 1.82) is 0 Å². The van der Waals surface area contributed by atoms with Crippen LogP contribution in [0.5, 0.6) is 0 Å². The summed E-state index contributed by atoms with van der Waals surface area (Å²) >= 11 is 0. The van der Waals surface area contributed by atoms with Crippen molar-refractivity contribution >= 4 is 11.9 Å². The number of carboxylic acids is 1. The van der Waals surface area contributed by atoms with Crippen molar-refractivity contribution in [2.45, 2.75) is 32.3 Å². The van der Waals surface area contributed by atoms with Crippen LogP contribution in [-0.2, 0) is 29.2 Å². The molecule has 0 spiro atoms. The molecule has 3 rings (SSSR count). The number of aliphatic hydroxyl groups is 1. The second-order valence-electron chi connectivity index (χ2n) is 5.61. The number of carboxylic acid groups (broad SMARTS) is 1. The van der Waals surface area contributed by atoms with Gasteiger partial charge in [0, 0.05) is 25.5 Å². The molecule has 0 fully saturated rings.